The van der Waals surface area contributed by atoms with Crippen LogP contribution in [0.25, 0.3) is 77.3 Å². The number of hydrogen-bond acceptors (Lipinski definition) is 4. The van der Waals surface area contributed by atoms with Gasteiger partial charge in [0.05, 0.1) is 34.5 Å². The van der Waals surface area contributed by atoms with Gasteiger partial charge in [-0.25, -0.2) is 9.97 Å². The molecule has 46 heavy (non-hydrogen) atoms. The summed E-state index contributed by atoms with van der Waals surface area (Å²) in [5.74, 6) is 0.438. The van der Waals surface area contributed by atoms with Crippen LogP contribution in [0.2, 0.25) is 0 Å². The summed E-state index contributed by atoms with van der Waals surface area (Å²) in [7, 11) is 0. The van der Waals surface area contributed by atoms with E-state index in [1.165, 1.54) is 5.39 Å². The molecule has 8 rings (SSSR count). The van der Waals surface area contributed by atoms with Gasteiger partial charge < -0.3 is 0 Å². The van der Waals surface area contributed by atoms with E-state index in [9.17, 15) is 10.5 Å². The van der Waals surface area contributed by atoms with E-state index in [1.54, 1.807) is 6.07 Å². The van der Waals surface area contributed by atoms with Crippen molar-refractivity contribution >= 4 is 32.4 Å². The van der Waals surface area contributed by atoms with Gasteiger partial charge in [-0.1, -0.05) is 103 Å². The second kappa shape index (κ2) is 11.1. The standard InChI is InChI=1S/C42H24N4/c43-25-33-13-5-7-15-36(33)40-39-24-35(31-19-17-27-9-1-3-11-29(27)21-31)23-38(32-20-18-28-10-2-4-12-30(28)22-32)41(39)46-42(45-40)37-16-8-6-14-34(37)26-44/h1-24H. The van der Waals surface area contributed by atoms with Crippen LogP contribution in [0.1, 0.15) is 11.1 Å². The fraction of sp³-hybridized carbons (Fsp3) is 0. The van der Waals surface area contributed by atoms with Gasteiger partial charge >= 0.3 is 0 Å². The number of nitrogens with zero attached hydrogens (tertiary/aromatic N) is 4. The molecule has 212 valence electrons. The normalized spacial score (nSPS) is 11.0. The third-order valence-corrected chi connectivity index (χ3v) is 8.53. The Labute approximate surface area is 266 Å². The Hall–Kier alpha value is -6.62. The average Bonchev–Trinajstić information content (AvgIpc) is 3.13. The zero-order chi connectivity index (χ0) is 31.0. The molecule has 0 fully saturated rings. The number of benzene rings is 7. The molecule has 0 saturated carbocycles. The smallest absolute Gasteiger partial charge is 0.161 e. The van der Waals surface area contributed by atoms with E-state index >= 15 is 0 Å². The average molecular weight is 585 g/mol. The van der Waals surface area contributed by atoms with Crippen molar-refractivity contribution in [2.24, 2.45) is 0 Å². The van der Waals surface area contributed by atoms with Crippen molar-refractivity contribution in [3.05, 3.63) is 157 Å². The van der Waals surface area contributed by atoms with Gasteiger partial charge in [-0.2, -0.15) is 10.5 Å². The highest BCUT2D eigenvalue weighted by Gasteiger charge is 2.20. The Morgan fingerprint density at radius 2 is 0.957 bits per heavy atom. The quantitative estimate of drug-likeness (QED) is 0.206. The molecule has 1 aromatic heterocycles. The van der Waals surface area contributed by atoms with E-state index < -0.39 is 0 Å². The summed E-state index contributed by atoms with van der Waals surface area (Å²) in [5, 5.41) is 25.6. The molecule has 0 aliphatic heterocycles. The van der Waals surface area contributed by atoms with Crippen LogP contribution in [0.4, 0.5) is 0 Å². The Morgan fingerprint density at radius 3 is 1.63 bits per heavy atom. The second-order valence-electron chi connectivity index (χ2n) is 11.3. The maximum Gasteiger partial charge on any atom is 0.161 e. The molecule has 0 N–H and O–H groups in total. The first-order valence-electron chi connectivity index (χ1n) is 15.0. The monoisotopic (exact) mass is 584 g/mol. The molecule has 0 radical (unpaired) electrons. The van der Waals surface area contributed by atoms with E-state index in [-0.39, 0.29) is 0 Å². The van der Waals surface area contributed by atoms with Gasteiger partial charge in [0.25, 0.3) is 0 Å². The summed E-state index contributed by atoms with van der Waals surface area (Å²) in [6.07, 6.45) is 0. The van der Waals surface area contributed by atoms with Crippen molar-refractivity contribution in [2.45, 2.75) is 0 Å². The van der Waals surface area contributed by atoms with Crippen molar-refractivity contribution < 1.29 is 0 Å². The minimum absolute atomic E-state index is 0.438. The molecular weight excluding hydrogens is 560 g/mol. The molecule has 0 saturated heterocycles. The van der Waals surface area contributed by atoms with Gasteiger partial charge in [0.15, 0.2) is 5.82 Å². The van der Waals surface area contributed by atoms with E-state index in [1.807, 2.05) is 60.7 Å². The molecule has 0 amide bonds. The van der Waals surface area contributed by atoms with E-state index in [2.05, 4.69) is 91.0 Å². The SMILES string of the molecule is N#Cc1ccccc1-c1nc(-c2ccccc2C#N)c2cc(-c3ccc4ccccc4c3)cc(-c3ccc4ccccc4c3)c2n1. The molecule has 7 aromatic carbocycles. The fourth-order valence-corrected chi connectivity index (χ4v) is 6.23. The summed E-state index contributed by atoms with van der Waals surface area (Å²) in [6.45, 7) is 0. The van der Waals surface area contributed by atoms with Crippen molar-refractivity contribution in [3.63, 3.8) is 0 Å². The highest BCUT2D eigenvalue weighted by Crippen LogP contribution is 2.40. The van der Waals surface area contributed by atoms with E-state index in [0.717, 1.165) is 49.3 Å². The lowest BCUT2D eigenvalue weighted by atomic mass is 9.91. The molecule has 8 aromatic rings. The number of fused-ring (bicyclic) bond motifs is 3. The molecule has 0 aliphatic carbocycles. The van der Waals surface area contributed by atoms with Gasteiger partial charge in [0, 0.05) is 22.1 Å². The second-order valence-corrected chi connectivity index (χ2v) is 11.3. The minimum atomic E-state index is 0.438. The van der Waals surface area contributed by atoms with Gasteiger partial charge in [-0.05, 0) is 80.7 Å². The van der Waals surface area contributed by atoms with Crippen LogP contribution < -0.4 is 0 Å². The van der Waals surface area contributed by atoms with Crippen LogP contribution in [0.3, 0.4) is 0 Å². The number of hydrogen-bond donors (Lipinski definition) is 0. The molecule has 0 unspecified atom stereocenters. The minimum Gasteiger partial charge on any atom is -0.227 e. The lowest BCUT2D eigenvalue weighted by Gasteiger charge is -2.16. The molecule has 0 spiro atoms. The van der Waals surface area contributed by atoms with Crippen molar-refractivity contribution in [1.82, 2.24) is 9.97 Å². The summed E-state index contributed by atoms with van der Waals surface area (Å²) in [6, 6.07) is 53.5. The predicted molar refractivity (Wildman–Crippen MR) is 186 cm³/mol. The highest BCUT2D eigenvalue weighted by atomic mass is 14.9. The first kappa shape index (κ1) is 27.0. The summed E-state index contributed by atoms with van der Waals surface area (Å²) in [4.78, 5) is 10.3. The number of nitriles is 2. The maximum atomic E-state index is 10.2. The Bertz CT molecular complexity index is 2570. The first-order chi connectivity index (χ1) is 22.7. The topological polar surface area (TPSA) is 73.4 Å². The largest absolute Gasteiger partial charge is 0.227 e. The van der Waals surface area contributed by atoms with Gasteiger partial charge in [0.2, 0.25) is 0 Å². The molecule has 0 atom stereocenters. The van der Waals surface area contributed by atoms with Crippen molar-refractivity contribution in [1.29, 1.82) is 10.5 Å². The third kappa shape index (κ3) is 4.63. The van der Waals surface area contributed by atoms with Gasteiger partial charge in [-0.15, -0.1) is 0 Å². The Morgan fingerprint density at radius 1 is 0.413 bits per heavy atom. The van der Waals surface area contributed by atoms with Gasteiger partial charge in [0.1, 0.15) is 0 Å². The highest BCUT2D eigenvalue weighted by molar-refractivity contribution is 6.06. The maximum absolute atomic E-state index is 10.2. The van der Waals surface area contributed by atoms with Crippen molar-refractivity contribution in [3.8, 4) is 57.0 Å². The molecule has 4 heteroatoms. The Kier molecular flexibility index (Phi) is 6.53. The summed E-state index contributed by atoms with van der Waals surface area (Å²) >= 11 is 0. The predicted octanol–water partition coefficient (Wildman–Crippen LogP) is 10.3. The number of rotatable bonds is 4. The molecular formula is C42H24N4. The van der Waals surface area contributed by atoms with E-state index in [0.29, 0.717) is 33.8 Å². The fourth-order valence-electron chi connectivity index (χ4n) is 6.23. The zero-order valence-electron chi connectivity index (χ0n) is 24.6. The van der Waals surface area contributed by atoms with Crippen molar-refractivity contribution in [2.75, 3.05) is 0 Å². The molecule has 0 aliphatic rings. The molecule has 0 bridgehead atoms. The number of aromatic nitrogens is 2. The summed E-state index contributed by atoms with van der Waals surface area (Å²) < 4.78 is 0. The van der Waals surface area contributed by atoms with Crippen LogP contribution >= 0.6 is 0 Å². The summed E-state index contributed by atoms with van der Waals surface area (Å²) in [5.41, 5.74) is 7.82. The Balaban J connectivity index is 1.51. The third-order valence-electron chi connectivity index (χ3n) is 8.53. The first-order valence-corrected chi connectivity index (χ1v) is 15.0. The van der Waals surface area contributed by atoms with Crippen LogP contribution in [0, 0.1) is 22.7 Å². The van der Waals surface area contributed by atoms with Gasteiger partial charge in [-0.3, -0.25) is 0 Å². The lowest BCUT2D eigenvalue weighted by Crippen LogP contribution is -2.00. The van der Waals surface area contributed by atoms with Crippen LogP contribution in [0.5, 0.6) is 0 Å². The van der Waals surface area contributed by atoms with E-state index in [4.69, 9.17) is 9.97 Å². The van der Waals surface area contributed by atoms with Crippen LogP contribution in [0.15, 0.2) is 146 Å². The molecule has 1 heterocycles. The zero-order valence-corrected chi connectivity index (χ0v) is 24.6. The van der Waals surface area contributed by atoms with Crippen LogP contribution in [-0.2, 0) is 0 Å². The van der Waals surface area contributed by atoms with Crippen LogP contribution in [-0.4, -0.2) is 9.97 Å². The lowest BCUT2D eigenvalue weighted by molar-refractivity contribution is 1.22. The molecule has 4 nitrogen and oxygen atoms in total.